The van der Waals surface area contributed by atoms with Gasteiger partial charge in [-0.2, -0.15) is 0 Å². The van der Waals surface area contributed by atoms with Gasteiger partial charge in [-0.15, -0.1) is 0 Å². The van der Waals surface area contributed by atoms with Crippen molar-refractivity contribution in [3.05, 3.63) is 160 Å². The molecule has 0 aromatic heterocycles. The van der Waals surface area contributed by atoms with Crippen LogP contribution in [0.2, 0.25) is 5.02 Å². The van der Waals surface area contributed by atoms with E-state index in [0.29, 0.717) is 37.2 Å². The van der Waals surface area contributed by atoms with Crippen molar-refractivity contribution in [2.75, 3.05) is 6.61 Å². The van der Waals surface area contributed by atoms with Crippen molar-refractivity contribution in [2.45, 2.75) is 38.1 Å². The Balaban J connectivity index is 1.37. The molecule has 5 rings (SSSR count). The smallest absolute Gasteiger partial charge is 0.151 e. The lowest BCUT2D eigenvalue weighted by Crippen LogP contribution is -2.47. The molecule has 0 bridgehead atoms. The van der Waals surface area contributed by atoms with Gasteiger partial charge in [0.25, 0.3) is 0 Å². The highest BCUT2D eigenvalue weighted by Crippen LogP contribution is 2.27. The molecule has 0 aliphatic carbocycles. The van der Waals surface area contributed by atoms with Crippen molar-refractivity contribution in [1.82, 2.24) is 0 Å². The Morgan fingerprint density at radius 3 is 1.77 bits per heavy atom. The predicted molar refractivity (Wildman–Crippen MR) is 160 cm³/mol. The summed E-state index contributed by atoms with van der Waals surface area (Å²) in [6.45, 7) is 1.74. The van der Waals surface area contributed by atoms with Crippen LogP contribution in [0, 0.1) is 0 Å². The van der Waals surface area contributed by atoms with Crippen LogP contribution in [-0.2, 0) is 38.8 Å². The molecule has 0 spiro atoms. The van der Waals surface area contributed by atoms with Gasteiger partial charge in [-0.1, -0.05) is 121 Å². The molecule has 1 aliphatic rings. The van der Waals surface area contributed by atoms with Gasteiger partial charge in [0, 0.05) is 5.02 Å². The van der Waals surface area contributed by atoms with E-state index in [1.54, 1.807) is 0 Å². The standard InChI is InChI=1S/C35H33ClO4/c36-31-19-16-27(17-20-31)18-21-32-22-33(38-24-29-12-6-2-7-13-29)35(39-25-30-14-8-3-9-15-30)34(40-32)26-37-23-28-10-4-1-5-11-28/h1-22,33-35H,23-26H2/b21-18+/t33-,34-,35+/m1/s1. The Bertz CT molecular complexity index is 1360. The molecule has 0 N–H and O–H groups in total. The van der Waals surface area contributed by atoms with Gasteiger partial charge in [0.1, 0.15) is 18.0 Å². The Morgan fingerprint density at radius 2 is 1.18 bits per heavy atom. The molecule has 204 valence electrons. The summed E-state index contributed by atoms with van der Waals surface area (Å²) in [4.78, 5) is 0. The van der Waals surface area contributed by atoms with Gasteiger partial charge < -0.3 is 18.9 Å². The summed E-state index contributed by atoms with van der Waals surface area (Å²) in [5.41, 5.74) is 4.32. The second-order valence-electron chi connectivity index (χ2n) is 9.63. The number of allylic oxidation sites excluding steroid dienone is 1. The molecule has 0 fully saturated rings. The van der Waals surface area contributed by atoms with Crippen LogP contribution in [0.25, 0.3) is 6.08 Å². The van der Waals surface area contributed by atoms with Crippen LogP contribution in [0.15, 0.2) is 133 Å². The summed E-state index contributed by atoms with van der Waals surface area (Å²) >= 11 is 6.06. The van der Waals surface area contributed by atoms with Crippen LogP contribution < -0.4 is 0 Å². The highest BCUT2D eigenvalue weighted by atomic mass is 35.5. The van der Waals surface area contributed by atoms with Crippen molar-refractivity contribution < 1.29 is 18.9 Å². The van der Waals surface area contributed by atoms with E-state index in [1.165, 1.54) is 0 Å². The first kappa shape index (κ1) is 27.9. The van der Waals surface area contributed by atoms with E-state index in [1.807, 2.05) is 97.1 Å². The van der Waals surface area contributed by atoms with Crippen molar-refractivity contribution in [3.8, 4) is 0 Å². The maximum atomic E-state index is 6.50. The topological polar surface area (TPSA) is 36.9 Å². The SMILES string of the molecule is Clc1ccc(/C=C/C2=C[C@@H](OCc3ccccc3)[C@H](OCc3ccccc3)[C@@H](COCc3ccccc3)O2)cc1. The molecule has 4 aromatic rings. The zero-order valence-electron chi connectivity index (χ0n) is 22.3. The zero-order chi connectivity index (χ0) is 27.4. The quantitative estimate of drug-likeness (QED) is 0.178. The van der Waals surface area contributed by atoms with Crippen LogP contribution in [-0.4, -0.2) is 24.9 Å². The molecule has 1 heterocycles. The fourth-order valence-electron chi connectivity index (χ4n) is 4.47. The summed E-state index contributed by atoms with van der Waals surface area (Å²) in [5, 5.41) is 0.702. The molecule has 4 aromatic carbocycles. The fourth-order valence-corrected chi connectivity index (χ4v) is 4.60. The van der Waals surface area contributed by atoms with Crippen LogP contribution in [0.1, 0.15) is 22.3 Å². The zero-order valence-corrected chi connectivity index (χ0v) is 23.0. The third-order valence-corrected chi connectivity index (χ3v) is 6.83. The minimum atomic E-state index is -0.372. The summed E-state index contributed by atoms with van der Waals surface area (Å²) < 4.78 is 25.6. The average molecular weight is 553 g/mol. The van der Waals surface area contributed by atoms with Crippen LogP contribution in [0.3, 0.4) is 0 Å². The lowest BCUT2D eigenvalue weighted by Gasteiger charge is -2.36. The van der Waals surface area contributed by atoms with Gasteiger partial charge >= 0.3 is 0 Å². The van der Waals surface area contributed by atoms with E-state index >= 15 is 0 Å². The average Bonchev–Trinajstić information content (AvgIpc) is 3.01. The lowest BCUT2D eigenvalue weighted by molar-refractivity contribution is -0.151. The maximum absolute atomic E-state index is 6.50. The number of benzene rings is 4. The van der Waals surface area contributed by atoms with Crippen LogP contribution >= 0.6 is 11.6 Å². The second-order valence-corrected chi connectivity index (χ2v) is 10.1. The Kier molecular flexibility index (Phi) is 10.2. The molecular formula is C35H33ClO4. The second kappa shape index (κ2) is 14.6. The lowest BCUT2D eigenvalue weighted by atomic mass is 10.0. The van der Waals surface area contributed by atoms with Gasteiger partial charge in [-0.3, -0.25) is 0 Å². The first-order chi connectivity index (χ1) is 19.7. The molecule has 0 saturated heterocycles. The number of halogens is 1. The number of hydrogen-bond donors (Lipinski definition) is 0. The van der Waals surface area contributed by atoms with E-state index in [9.17, 15) is 0 Å². The van der Waals surface area contributed by atoms with E-state index in [-0.39, 0.29) is 18.3 Å². The molecule has 4 nitrogen and oxygen atoms in total. The van der Waals surface area contributed by atoms with Crippen LogP contribution in [0.5, 0.6) is 0 Å². The largest absolute Gasteiger partial charge is 0.485 e. The maximum Gasteiger partial charge on any atom is 0.151 e. The van der Waals surface area contributed by atoms with Crippen molar-refractivity contribution in [3.63, 3.8) is 0 Å². The minimum absolute atomic E-state index is 0.340. The van der Waals surface area contributed by atoms with Gasteiger partial charge in [0.2, 0.25) is 0 Å². The van der Waals surface area contributed by atoms with E-state index < -0.39 is 0 Å². The van der Waals surface area contributed by atoms with E-state index in [2.05, 4.69) is 36.4 Å². The number of hydrogen-bond acceptors (Lipinski definition) is 4. The molecule has 0 saturated carbocycles. The number of ether oxygens (including phenoxy) is 4. The third-order valence-electron chi connectivity index (χ3n) is 6.58. The van der Waals surface area contributed by atoms with E-state index in [4.69, 9.17) is 30.5 Å². The van der Waals surface area contributed by atoms with Crippen molar-refractivity contribution >= 4 is 17.7 Å². The molecule has 0 unspecified atom stereocenters. The van der Waals surface area contributed by atoms with E-state index in [0.717, 1.165) is 22.3 Å². The van der Waals surface area contributed by atoms with Gasteiger partial charge in [-0.25, -0.2) is 0 Å². The van der Waals surface area contributed by atoms with Crippen molar-refractivity contribution in [1.29, 1.82) is 0 Å². The summed E-state index contributed by atoms with van der Waals surface area (Å²) in [6, 6.07) is 38.1. The first-order valence-corrected chi connectivity index (χ1v) is 13.9. The summed E-state index contributed by atoms with van der Waals surface area (Å²) in [7, 11) is 0. The van der Waals surface area contributed by atoms with Gasteiger partial charge in [-0.05, 0) is 46.5 Å². The Labute approximate surface area is 241 Å². The summed E-state index contributed by atoms with van der Waals surface area (Å²) in [6.07, 6.45) is 4.88. The molecule has 0 radical (unpaired) electrons. The monoisotopic (exact) mass is 552 g/mol. The molecule has 5 heteroatoms. The fraction of sp³-hybridized carbons (Fsp3) is 0.200. The Morgan fingerprint density at radius 1 is 0.625 bits per heavy atom. The molecule has 0 amide bonds. The highest BCUT2D eigenvalue weighted by Gasteiger charge is 2.36. The summed E-state index contributed by atoms with van der Waals surface area (Å²) in [5.74, 6) is 0.709. The van der Waals surface area contributed by atoms with Gasteiger partial charge in [0.15, 0.2) is 6.10 Å². The van der Waals surface area contributed by atoms with Gasteiger partial charge in [0.05, 0.1) is 26.4 Å². The molecular weight excluding hydrogens is 520 g/mol. The first-order valence-electron chi connectivity index (χ1n) is 13.5. The molecule has 1 aliphatic heterocycles. The third kappa shape index (κ3) is 8.41. The van der Waals surface area contributed by atoms with Crippen LogP contribution in [0.4, 0.5) is 0 Å². The Hall–Kier alpha value is -3.67. The van der Waals surface area contributed by atoms with Crippen molar-refractivity contribution in [2.24, 2.45) is 0 Å². The molecule has 3 atom stereocenters. The highest BCUT2D eigenvalue weighted by molar-refractivity contribution is 6.30. The normalized spacial score (nSPS) is 18.8. The minimum Gasteiger partial charge on any atom is -0.485 e. The molecule has 40 heavy (non-hydrogen) atoms. The predicted octanol–water partition coefficient (Wildman–Crippen LogP) is 8.02. The number of rotatable bonds is 12.